The van der Waals surface area contributed by atoms with Crippen molar-refractivity contribution in [3.8, 4) is 11.5 Å². The quantitative estimate of drug-likeness (QED) is 0.705. The highest BCUT2D eigenvalue weighted by Crippen LogP contribution is 2.32. The molecule has 0 unspecified atom stereocenters. The smallest absolute Gasteiger partial charge is 0.161 e. The van der Waals surface area contributed by atoms with Gasteiger partial charge < -0.3 is 14.9 Å². The third-order valence-corrected chi connectivity index (χ3v) is 3.07. The summed E-state index contributed by atoms with van der Waals surface area (Å²) in [6, 6.07) is 3.79. The number of hydrogen-bond donors (Lipinski definition) is 2. The lowest BCUT2D eigenvalue weighted by molar-refractivity contribution is 0.196. The van der Waals surface area contributed by atoms with Crippen molar-refractivity contribution in [2.45, 2.75) is 19.9 Å². The van der Waals surface area contributed by atoms with Crippen LogP contribution < -0.4 is 4.74 Å². The van der Waals surface area contributed by atoms with E-state index in [1.807, 2.05) is 12.1 Å². The average molecular weight is 265 g/mol. The Morgan fingerprint density at radius 1 is 1.42 bits per heavy atom. The molecular formula is C15H23NO3. The number of aliphatic hydroxyl groups excluding tert-OH is 1. The van der Waals surface area contributed by atoms with Crippen LogP contribution in [0.4, 0.5) is 0 Å². The molecule has 2 N–H and O–H groups in total. The summed E-state index contributed by atoms with van der Waals surface area (Å²) in [5, 5.41) is 19.0. The first-order valence-corrected chi connectivity index (χ1v) is 6.49. The lowest BCUT2D eigenvalue weighted by Gasteiger charge is -2.20. The van der Waals surface area contributed by atoms with Crippen LogP contribution in [0.15, 0.2) is 24.8 Å². The fraction of sp³-hybridized carbons (Fsp3) is 0.467. The highest BCUT2D eigenvalue weighted by Gasteiger charge is 2.11. The molecule has 1 aromatic carbocycles. The Bertz CT molecular complexity index is 418. The topological polar surface area (TPSA) is 52.9 Å². The highest BCUT2D eigenvalue weighted by molar-refractivity contribution is 5.49. The molecule has 0 aliphatic heterocycles. The van der Waals surface area contributed by atoms with Gasteiger partial charge >= 0.3 is 0 Å². The minimum Gasteiger partial charge on any atom is -0.504 e. The van der Waals surface area contributed by atoms with E-state index in [0.29, 0.717) is 18.7 Å². The number of nitrogens with zero attached hydrogens (tertiary/aromatic N) is 1. The summed E-state index contributed by atoms with van der Waals surface area (Å²) in [6.45, 7) is 8.11. The number of phenolic OH excluding ortho intramolecular Hbond substituents is 1. The molecule has 0 heterocycles. The molecule has 4 nitrogen and oxygen atoms in total. The maximum Gasteiger partial charge on any atom is 0.161 e. The van der Waals surface area contributed by atoms with E-state index in [4.69, 9.17) is 9.84 Å². The molecule has 0 radical (unpaired) electrons. The van der Waals surface area contributed by atoms with Gasteiger partial charge in [-0.2, -0.15) is 0 Å². The third kappa shape index (κ3) is 4.26. The van der Waals surface area contributed by atoms with Crippen molar-refractivity contribution in [3.63, 3.8) is 0 Å². The van der Waals surface area contributed by atoms with Crippen molar-refractivity contribution >= 4 is 0 Å². The second-order valence-corrected chi connectivity index (χ2v) is 4.39. The number of aromatic hydroxyl groups is 1. The third-order valence-electron chi connectivity index (χ3n) is 3.07. The van der Waals surface area contributed by atoms with Crippen LogP contribution in [0.5, 0.6) is 11.5 Å². The van der Waals surface area contributed by atoms with Crippen LogP contribution >= 0.6 is 0 Å². The van der Waals surface area contributed by atoms with E-state index in [2.05, 4.69) is 18.4 Å². The van der Waals surface area contributed by atoms with Gasteiger partial charge in [0.05, 0.1) is 13.7 Å². The SMILES string of the molecule is C=CCc1cc(CN(CC)CCO)cc(OC)c1O. The van der Waals surface area contributed by atoms with Gasteiger partial charge in [-0.3, -0.25) is 4.90 Å². The lowest BCUT2D eigenvalue weighted by atomic mass is 10.1. The van der Waals surface area contributed by atoms with Crippen LogP contribution in [0.25, 0.3) is 0 Å². The first-order chi connectivity index (χ1) is 9.15. The summed E-state index contributed by atoms with van der Waals surface area (Å²) in [7, 11) is 1.54. The van der Waals surface area contributed by atoms with E-state index in [-0.39, 0.29) is 12.4 Å². The number of ether oxygens (including phenoxy) is 1. The van der Waals surface area contributed by atoms with Crippen LogP contribution in [-0.2, 0) is 13.0 Å². The normalized spacial score (nSPS) is 10.7. The second-order valence-electron chi connectivity index (χ2n) is 4.39. The molecule has 0 aromatic heterocycles. The Morgan fingerprint density at radius 3 is 2.68 bits per heavy atom. The van der Waals surface area contributed by atoms with Crippen molar-refractivity contribution in [1.29, 1.82) is 0 Å². The van der Waals surface area contributed by atoms with Gasteiger partial charge in [-0.1, -0.05) is 19.1 Å². The number of allylic oxidation sites excluding steroid dienone is 1. The first kappa shape index (κ1) is 15.5. The number of likely N-dealkylation sites (N-methyl/N-ethyl adjacent to an activating group) is 1. The van der Waals surface area contributed by atoms with E-state index in [1.165, 1.54) is 0 Å². The number of methoxy groups -OCH3 is 1. The van der Waals surface area contributed by atoms with Gasteiger partial charge in [-0.05, 0) is 24.6 Å². The largest absolute Gasteiger partial charge is 0.504 e. The van der Waals surface area contributed by atoms with Crippen LogP contribution in [0.2, 0.25) is 0 Å². The average Bonchev–Trinajstić information content (AvgIpc) is 2.41. The summed E-state index contributed by atoms with van der Waals surface area (Å²) in [5.74, 6) is 0.658. The van der Waals surface area contributed by atoms with Crippen LogP contribution in [-0.4, -0.2) is 41.9 Å². The summed E-state index contributed by atoms with van der Waals surface area (Å²) < 4.78 is 5.20. The van der Waals surface area contributed by atoms with E-state index in [0.717, 1.165) is 24.2 Å². The number of hydrogen-bond acceptors (Lipinski definition) is 4. The molecule has 106 valence electrons. The minimum absolute atomic E-state index is 0.141. The molecule has 0 aliphatic carbocycles. The monoisotopic (exact) mass is 265 g/mol. The molecule has 1 rings (SSSR count). The Morgan fingerprint density at radius 2 is 2.16 bits per heavy atom. The molecule has 0 saturated heterocycles. The number of rotatable bonds is 8. The van der Waals surface area contributed by atoms with E-state index in [9.17, 15) is 5.11 Å². The van der Waals surface area contributed by atoms with Crippen molar-refractivity contribution in [2.24, 2.45) is 0 Å². The zero-order valence-corrected chi connectivity index (χ0v) is 11.7. The molecule has 0 bridgehead atoms. The second kappa shape index (κ2) is 7.81. The fourth-order valence-electron chi connectivity index (χ4n) is 2.04. The van der Waals surface area contributed by atoms with E-state index >= 15 is 0 Å². The summed E-state index contributed by atoms with van der Waals surface area (Å²) in [6.07, 6.45) is 2.35. The lowest BCUT2D eigenvalue weighted by Crippen LogP contribution is -2.26. The molecule has 19 heavy (non-hydrogen) atoms. The molecule has 0 atom stereocenters. The standard InChI is InChI=1S/C15H23NO3/c1-4-6-13-9-12(10-14(19-3)15(13)18)11-16(5-2)7-8-17/h4,9-10,17-18H,1,5-8,11H2,2-3H3. The molecule has 0 saturated carbocycles. The zero-order valence-electron chi connectivity index (χ0n) is 11.7. The van der Waals surface area contributed by atoms with Gasteiger partial charge in [0.15, 0.2) is 11.5 Å². The van der Waals surface area contributed by atoms with Gasteiger partial charge in [0, 0.05) is 18.7 Å². The van der Waals surface area contributed by atoms with Gasteiger partial charge in [0.2, 0.25) is 0 Å². The summed E-state index contributed by atoms with van der Waals surface area (Å²) >= 11 is 0. The van der Waals surface area contributed by atoms with Crippen molar-refractivity contribution in [1.82, 2.24) is 4.90 Å². The van der Waals surface area contributed by atoms with Crippen molar-refractivity contribution < 1.29 is 14.9 Å². The maximum absolute atomic E-state index is 10.0. The minimum atomic E-state index is 0.141. The number of phenols is 1. The van der Waals surface area contributed by atoms with Crippen molar-refractivity contribution in [2.75, 3.05) is 26.8 Å². The van der Waals surface area contributed by atoms with Crippen molar-refractivity contribution in [3.05, 3.63) is 35.9 Å². The van der Waals surface area contributed by atoms with Gasteiger partial charge in [0.1, 0.15) is 0 Å². The molecule has 0 aliphatic rings. The Labute approximate surface area is 114 Å². The van der Waals surface area contributed by atoms with Gasteiger partial charge in [-0.25, -0.2) is 0 Å². The van der Waals surface area contributed by atoms with E-state index < -0.39 is 0 Å². The Kier molecular flexibility index (Phi) is 6.39. The highest BCUT2D eigenvalue weighted by atomic mass is 16.5. The molecule has 0 fully saturated rings. The predicted octanol–water partition coefficient (Wildman–Crippen LogP) is 1.94. The molecule has 1 aromatic rings. The summed E-state index contributed by atoms with van der Waals surface area (Å²) in [4.78, 5) is 2.13. The predicted molar refractivity (Wildman–Crippen MR) is 76.6 cm³/mol. The van der Waals surface area contributed by atoms with Crippen LogP contribution in [0, 0.1) is 0 Å². The number of aliphatic hydroxyl groups is 1. The van der Waals surface area contributed by atoms with Crippen LogP contribution in [0.3, 0.4) is 0 Å². The number of benzene rings is 1. The van der Waals surface area contributed by atoms with Gasteiger partial charge in [0.25, 0.3) is 0 Å². The Hall–Kier alpha value is -1.52. The van der Waals surface area contributed by atoms with Gasteiger partial charge in [-0.15, -0.1) is 6.58 Å². The fourth-order valence-corrected chi connectivity index (χ4v) is 2.04. The van der Waals surface area contributed by atoms with Crippen LogP contribution in [0.1, 0.15) is 18.1 Å². The van der Waals surface area contributed by atoms with E-state index in [1.54, 1.807) is 13.2 Å². The first-order valence-electron chi connectivity index (χ1n) is 6.49. The molecule has 4 heteroatoms. The molecule has 0 amide bonds. The molecule has 0 spiro atoms. The zero-order chi connectivity index (χ0) is 14.3. The summed E-state index contributed by atoms with van der Waals surface area (Å²) in [5.41, 5.74) is 1.87. The Balaban J connectivity index is 2.99. The molecular weight excluding hydrogens is 242 g/mol. The maximum atomic E-state index is 10.0.